The average molecular weight is 397 g/mol. The lowest BCUT2D eigenvalue weighted by atomic mass is 10.1. The molecular formula is C20H23N5O4. The Labute approximate surface area is 167 Å². The fourth-order valence-electron chi connectivity index (χ4n) is 3.52. The number of carbonyl (C=O) groups excluding carboxylic acids is 1. The van der Waals surface area contributed by atoms with Crippen LogP contribution in [0.25, 0.3) is 11.2 Å². The Kier molecular flexibility index (Phi) is 5.30. The Morgan fingerprint density at radius 3 is 2.86 bits per heavy atom. The maximum Gasteiger partial charge on any atom is 0.338 e. The van der Waals surface area contributed by atoms with Crippen molar-refractivity contribution < 1.29 is 19.0 Å². The van der Waals surface area contributed by atoms with Gasteiger partial charge in [-0.15, -0.1) is 0 Å². The van der Waals surface area contributed by atoms with E-state index < -0.39 is 0 Å². The lowest BCUT2D eigenvalue weighted by Crippen LogP contribution is -2.19. The monoisotopic (exact) mass is 397 g/mol. The van der Waals surface area contributed by atoms with Crippen LogP contribution in [0.5, 0.6) is 5.88 Å². The summed E-state index contributed by atoms with van der Waals surface area (Å²) in [5.74, 6) is 0.272. The molecule has 1 aromatic carbocycles. The van der Waals surface area contributed by atoms with Crippen LogP contribution in [0.2, 0.25) is 0 Å². The van der Waals surface area contributed by atoms with E-state index in [1.54, 1.807) is 30.6 Å². The first kappa shape index (κ1) is 19.1. The molecule has 1 saturated heterocycles. The van der Waals surface area contributed by atoms with Crippen molar-refractivity contribution in [3.05, 3.63) is 42.2 Å². The number of esters is 1. The highest BCUT2D eigenvalue weighted by molar-refractivity contribution is 5.89. The van der Waals surface area contributed by atoms with Crippen molar-refractivity contribution in [3.8, 4) is 5.88 Å². The van der Waals surface area contributed by atoms with Crippen LogP contribution in [0.4, 0.5) is 5.95 Å². The summed E-state index contributed by atoms with van der Waals surface area (Å²) in [6, 6.07) is 8.90. The number of carbonyl (C=O) groups is 1. The highest BCUT2D eigenvalue weighted by atomic mass is 16.6. The second-order valence-electron chi connectivity index (χ2n) is 6.97. The Bertz CT molecular complexity index is 1010. The van der Waals surface area contributed by atoms with E-state index in [2.05, 4.69) is 21.9 Å². The van der Waals surface area contributed by atoms with Gasteiger partial charge in [-0.25, -0.2) is 9.78 Å². The molecule has 1 aliphatic heterocycles. The Hall–Kier alpha value is -3.20. The van der Waals surface area contributed by atoms with Crippen molar-refractivity contribution in [1.82, 2.24) is 19.5 Å². The van der Waals surface area contributed by atoms with Crippen LogP contribution in [0.3, 0.4) is 0 Å². The third-order valence-electron chi connectivity index (χ3n) is 4.83. The smallest absolute Gasteiger partial charge is 0.338 e. The number of hydrogen-bond donors (Lipinski definition) is 1. The molecule has 9 heteroatoms. The lowest BCUT2D eigenvalue weighted by molar-refractivity contribution is -0.0376. The maximum atomic E-state index is 12.2. The van der Waals surface area contributed by atoms with E-state index in [0.717, 1.165) is 6.42 Å². The molecule has 0 saturated carbocycles. The number of benzene rings is 1. The summed E-state index contributed by atoms with van der Waals surface area (Å²) >= 11 is 0. The number of rotatable bonds is 6. The molecule has 3 aromatic rings. The van der Waals surface area contributed by atoms with Crippen LogP contribution >= 0.6 is 0 Å². The first-order valence-corrected chi connectivity index (χ1v) is 9.57. The van der Waals surface area contributed by atoms with Crippen molar-refractivity contribution in [1.29, 1.82) is 0 Å². The van der Waals surface area contributed by atoms with Crippen molar-refractivity contribution >= 4 is 23.1 Å². The molecule has 29 heavy (non-hydrogen) atoms. The number of fused-ring (bicyclic) bond motifs is 1. The van der Waals surface area contributed by atoms with Gasteiger partial charge in [-0.3, -0.25) is 4.57 Å². The van der Waals surface area contributed by atoms with Crippen LogP contribution in [-0.4, -0.2) is 44.8 Å². The highest BCUT2D eigenvalue weighted by Gasteiger charge is 2.35. The van der Waals surface area contributed by atoms with E-state index in [1.807, 2.05) is 17.6 Å². The first-order chi connectivity index (χ1) is 14.1. The van der Waals surface area contributed by atoms with Gasteiger partial charge < -0.3 is 19.9 Å². The van der Waals surface area contributed by atoms with Gasteiger partial charge in [0.25, 0.3) is 0 Å². The molecule has 4 rings (SSSR count). The molecule has 0 amide bonds. The predicted octanol–water partition coefficient (Wildman–Crippen LogP) is 2.59. The zero-order valence-electron chi connectivity index (χ0n) is 16.3. The van der Waals surface area contributed by atoms with E-state index in [-0.39, 0.29) is 36.8 Å². The topological polar surface area (TPSA) is 114 Å². The van der Waals surface area contributed by atoms with Crippen molar-refractivity contribution in [3.63, 3.8) is 0 Å². The summed E-state index contributed by atoms with van der Waals surface area (Å²) in [5, 5.41) is 0. The fraction of sp³-hybridized carbons (Fsp3) is 0.400. The van der Waals surface area contributed by atoms with Gasteiger partial charge in [-0.05, 0) is 25.5 Å². The summed E-state index contributed by atoms with van der Waals surface area (Å²) in [5.41, 5.74) is 7.45. The molecule has 3 heterocycles. The first-order valence-electron chi connectivity index (χ1n) is 9.57. The predicted molar refractivity (Wildman–Crippen MR) is 105 cm³/mol. The minimum atomic E-state index is -0.361. The van der Waals surface area contributed by atoms with Gasteiger partial charge in [0, 0.05) is 5.92 Å². The van der Waals surface area contributed by atoms with Gasteiger partial charge >= 0.3 is 5.97 Å². The Morgan fingerprint density at radius 1 is 1.31 bits per heavy atom. The Balaban J connectivity index is 1.48. The number of nitrogens with two attached hydrogens (primary N) is 1. The molecule has 1 fully saturated rings. The van der Waals surface area contributed by atoms with E-state index in [1.165, 1.54) is 0 Å². The van der Waals surface area contributed by atoms with E-state index >= 15 is 0 Å². The van der Waals surface area contributed by atoms with Crippen molar-refractivity contribution in [2.75, 3.05) is 18.9 Å². The van der Waals surface area contributed by atoms with Crippen LogP contribution in [-0.2, 0) is 9.47 Å². The largest absolute Gasteiger partial charge is 0.476 e. The molecule has 9 nitrogen and oxygen atoms in total. The van der Waals surface area contributed by atoms with E-state index in [0.29, 0.717) is 29.2 Å². The molecule has 0 aliphatic carbocycles. The zero-order chi connectivity index (χ0) is 20.4. The number of aromatic nitrogens is 4. The SMILES string of the molecule is CCOc1nc(N)nc2c1ncn2[C@@H]1OC(COC(=O)c2ccccc2)C[C@@H]1C. The van der Waals surface area contributed by atoms with Crippen molar-refractivity contribution in [2.24, 2.45) is 5.92 Å². The van der Waals surface area contributed by atoms with Crippen LogP contribution in [0.1, 0.15) is 36.9 Å². The summed E-state index contributed by atoms with van der Waals surface area (Å²) in [7, 11) is 0. The quantitative estimate of drug-likeness (QED) is 0.631. The van der Waals surface area contributed by atoms with Gasteiger partial charge in [-0.1, -0.05) is 25.1 Å². The fourth-order valence-corrected chi connectivity index (χ4v) is 3.52. The summed E-state index contributed by atoms with van der Waals surface area (Å²) in [6.45, 7) is 4.57. The third kappa shape index (κ3) is 3.86. The second-order valence-corrected chi connectivity index (χ2v) is 6.97. The lowest BCUT2D eigenvalue weighted by Gasteiger charge is -2.18. The Morgan fingerprint density at radius 2 is 2.10 bits per heavy atom. The number of hydrogen-bond acceptors (Lipinski definition) is 8. The number of nitrogen functional groups attached to an aromatic ring is 1. The van der Waals surface area contributed by atoms with Crippen LogP contribution < -0.4 is 10.5 Å². The van der Waals surface area contributed by atoms with Crippen LogP contribution in [0, 0.1) is 5.92 Å². The van der Waals surface area contributed by atoms with Crippen molar-refractivity contribution in [2.45, 2.75) is 32.6 Å². The molecule has 0 spiro atoms. The normalized spacial score (nSPS) is 21.4. The number of imidazole rings is 1. The zero-order valence-corrected chi connectivity index (χ0v) is 16.3. The molecule has 2 aromatic heterocycles. The second kappa shape index (κ2) is 8.04. The minimum absolute atomic E-state index is 0.113. The molecule has 152 valence electrons. The maximum absolute atomic E-state index is 12.2. The molecule has 0 bridgehead atoms. The average Bonchev–Trinajstić information content (AvgIpc) is 3.30. The molecular weight excluding hydrogens is 374 g/mol. The van der Waals surface area contributed by atoms with Gasteiger partial charge in [0.15, 0.2) is 11.2 Å². The van der Waals surface area contributed by atoms with Gasteiger partial charge in [-0.2, -0.15) is 9.97 Å². The molecule has 1 unspecified atom stereocenters. The van der Waals surface area contributed by atoms with Gasteiger partial charge in [0.05, 0.1) is 24.6 Å². The summed E-state index contributed by atoms with van der Waals surface area (Å²) < 4.78 is 18.9. The van der Waals surface area contributed by atoms with Gasteiger partial charge in [0.2, 0.25) is 11.8 Å². The summed E-state index contributed by atoms with van der Waals surface area (Å²) in [6.07, 6.45) is 1.88. The number of ether oxygens (including phenoxy) is 3. The third-order valence-corrected chi connectivity index (χ3v) is 4.83. The standard InChI is InChI=1S/C20H23N5O4/c1-3-27-17-15-16(23-20(21)24-17)25(11-22-15)18-12(2)9-14(29-18)10-28-19(26)13-7-5-4-6-8-13/h4-8,11-12,14,18H,3,9-10H2,1-2H3,(H2,21,23,24)/t12-,14?,18+/m0/s1. The highest BCUT2D eigenvalue weighted by Crippen LogP contribution is 2.36. The molecule has 0 radical (unpaired) electrons. The molecule has 3 atom stereocenters. The van der Waals surface area contributed by atoms with Crippen LogP contribution in [0.15, 0.2) is 36.7 Å². The van der Waals surface area contributed by atoms with Gasteiger partial charge in [0.1, 0.15) is 12.8 Å². The molecule has 2 N–H and O–H groups in total. The number of anilines is 1. The summed E-state index contributed by atoms with van der Waals surface area (Å²) in [4.78, 5) is 25.0. The number of nitrogens with zero attached hydrogens (tertiary/aromatic N) is 4. The minimum Gasteiger partial charge on any atom is -0.476 e. The molecule has 1 aliphatic rings. The van der Waals surface area contributed by atoms with E-state index in [9.17, 15) is 4.79 Å². The van der Waals surface area contributed by atoms with E-state index in [4.69, 9.17) is 19.9 Å².